The van der Waals surface area contributed by atoms with Gasteiger partial charge in [0.05, 0.1) is 51.7 Å². The first-order valence-electron chi connectivity index (χ1n) is 14.9. The SMILES string of the molecule is O=C(O)C(=O)O.OC[C@@H](COCc1ccccc1)NCc1ccccc1.OC[C@@H](COCc1ccccc1)NCc1ccccc1. The number of aliphatic carboxylic acids is 2. The summed E-state index contributed by atoms with van der Waals surface area (Å²) in [5.74, 6) is -3.65. The second kappa shape index (κ2) is 23.9. The van der Waals surface area contributed by atoms with Crippen molar-refractivity contribution in [2.75, 3.05) is 26.4 Å². The predicted octanol–water partition coefficient (Wildman–Crippen LogP) is 3.86. The van der Waals surface area contributed by atoms with Crippen LogP contribution < -0.4 is 10.6 Å². The highest BCUT2D eigenvalue weighted by atomic mass is 16.5. The molecule has 0 radical (unpaired) electrons. The van der Waals surface area contributed by atoms with Crippen LogP contribution in [0.2, 0.25) is 0 Å². The lowest BCUT2D eigenvalue weighted by Gasteiger charge is -2.16. The number of nitrogens with one attached hydrogen (secondary N) is 2. The van der Waals surface area contributed by atoms with Crippen molar-refractivity contribution in [1.82, 2.24) is 10.6 Å². The molecule has 0 amide bonds. The number of aliphatic hydroxyl groups excluding tert-OH is 2. The highest BCUT2D eigenvalue weighted by molar-refractivity contribution is 6.27. The summed E-state index contributed by atoms with van der Waals surface area (Å²) in [6, 6.07) is 40.3. The summed E-state index contributed by atoms with van der Waals surface area (Å²) in [5, 5.41) is 40.1. The van der Waals surface area contributed by atoms with Crippen molar-refractivity contribution in [2.24, 2.45) is 0 Å². The molecule has 0 bridgehead atoms. The smallest absolute Gasteiger partial charge is 0.414 e. The average molecular weight is 633 g/mol. The van der Waals surface area contributed by atoms with Gasteiger partial charge in [-0.25, -0.2) is 9.59 Å². The van der Waals surface area contributed by atoms with Crippen LogP contribution in [0.5, 0.6) is 0 Å². The summed E-state index contributed by atoms with van der Waals surface area (Å²) in [4.78, 5) is 18.2. The summed E-state index contributed by atoms with van der Waals surface area (Å²) in [7, 11) is 0. The van der Waals surface area contributed by atoms with E-state index in [1.54, 1.807) is 0 Å². The molecule has 0 saturated heterocycles. The van der Waals surface area contributed by atoms with Gasteiger partial charge < -0.3 is 40.5 Å². The third-order valence-electron chi connectivity index (χ3n) is 6.36. The molecule has 0 aliphatic carbocycles. The molecule has 0 saturated carbocycles. The van der Waals surface area contributed by atoms with Crippen molar-refractivity contribution >= 4 is 11.9 Å². The predicted molar refractivity (Wildman–Crippen MR) is 176 cm³/mol. The Labute approximate surface area is 270 Å². The van der Waals surface area contributed by atoms with Crippen LogP contribution in [-0.4, -0.2) is 70.9 Å². The number of aliphatic hydroxyl groups is 2. The molecule has 46 heavy (non-hydrogen) atoms. The standard InChI is InChI=1S/2C17H21NO2.C2H2O4/c2*19-12-17(18-11-15-7-3-1-4-8-15)14-20-13-16-9-5-2-6-10-16;3-1(4)2(5)6/h2*1-10,17-19H,11-14H2;(H,3,4)(H,5,6)/t2*17-;/m00./s1. The number of hydrogen-bond acceptors (Lipinski definition) is 8. The van der Waals surface area contributed by atoms with Crippen LogP contribution >= 0.6 is 0 Å². The Morgan fingerprint density at radius 2 is 0.783 bits per heavy atom. The van der Waals surface area contributed by atoms with Crippen molar-refractivity contribution in [2.45, 2.75) is 38.4 Å². The van der Waals surface area contributed by atoms with Crippen LogP contribution in [0, 0.1) is 0 Å². The maximum atomic E-state index is 9.36. The van der Waals surface area contributed by atoms with Gasteiger partial charge in [-0.1, -0.05) is 121 Å². The van der Waals surface area contributed by atoms with Gasteiger partial charge in [-0.2, -0.15) is 0 Å². The van der Waals surface area contributed by atoms with E-state index in [0.717, 1.165) is 24.2 Å². The zero-order valence-corrected chi connectivity index (χ0v) is 25.8. The van der Waals surface area contributed by atoms with Crippen LogP contribution in [0.4, 0.5) is 0 Å². The minimum atomic E-state index is -1.82. The van der Waals surface area contributed by atoms with E-state index in [4.69, 9.17) is 29.3 Å². The van der Waals surface area contributed by atoms with Crippen LogP contribution in [0.1, 0.15) is 22.3 Å². The van der Waals surface area contributed by atoms with Crippen LogP contribution in [0.25, 0.3) is 0 Å². The van der Waals surface area contributed by atoms with Gasteiger partial charge in [0.15, 0.2) is 0 Å². The first-order valence-corrected chi connectivity index (χ1v) is 14.9. The van der Waals surface area contributed by atoms with E-state index in [1.807, 2.05) is 97.1 Å². The fourth-order valence-corrected chi connectivity index (χ4v) is 3.86. The Hall–Kier alpha value is -4.42. The Morgan fingerprint density at radius 3 is 1.04 bits per heavy atom. The van der Waals surface area contributed by atoms with Crippen LogP contribution in [-0.2, 0) is 45.4 Å². The lowest BCUT2D eigenvalue weighted by molar-refractivity contribution is -0.159. The molecule has 4 rings (SSSR count). The lowest BCUT2D eigenvalue weighted by atomic mass is 10.2. The molecule has 10 nitrogen and oxygen atoms in total. The van der Waals surface area contributed by atoms with Gasteiger partial charge in [0.1, 0.15) is 0 Å². The number of hydrogen-bond donors (Lipinski definition) is 6. The molecule has 0 unspecified atom stereocenters. The lowest BCUT2D eigenvalue weighted by Crippen LogP contribution is -2.36. The fraction of sp³-hybridized carbons (Fsp3) is 0.278. The molecule has 10 heteroatoms. The summed E-state index contributed by atoms with van der Waals surface area (Å²) < 4.78 is 11.3. The molecule has 4 aromatic rings. The van der Waals surface area contributed by atoms with Gasteiger partial charge in [0.2, 0.25) is 0 Å². The van der Waals surface area contributed by atoms with Crippen molar-refractivity contribution in [1.29, 1.82) is 0 Å². The number of carboxylic acid groups (broad SMARTS) is 2. The molecular weight excluding hydrogens is 588 g/mol. The molecule has 246 valence electrons. The highest BCUT2D eigenvalue weighted by Gasteiger charge is 2.08. The van der Waals surface area contributed by atoms with Crippen LogP contribution in [0.15, 0.2) is 121 Å². The molecule has 0 aliphatic rings. The first-order chi connectivity index (χ1) is 22.4. The molecule has 2 atom stereocenters. The molecule has 0 spiro atoms. The average Bonchev–Trinajstić information content (AvgIpc) is 3.10. The fourth-order valence-electron chi connectivity index (χ4n) is 3.86. The Kier molecular flexibility index (Phi) is 19.6. The minimum absolute atomic E-state index is 0.0427. The summed E-state index contributed by atoms with van der Waals surface area (Å²) in [6.45, 7) is 3.76. The monoisotopic (exact) mass is 632 g/mol. The van der Waals surface area contributed by atoms with Crippen molar-refractivity contribution in [3.05, 3.63) is 144 Å². The normalized spacial score (nSPS) is 11.6. The number of rotatable bonds is 16. The van der Waals surface area contributed by atoms with E-state index in [2.05, 4.69) is 34.9 Å². The third kappa shape index (κ3) is 17.8. The van der Waals surface area contributed by atoms with Crippen molar-refractivity contribution in [3.63, 3.8) is 0 Å². The molecule has 0 fully saturated rings. The first kappa shape index (κ1) is 37.8. The van der Waals surface area contributed by atoms with Crippen molar-refractivity contribution in [3.8, 4) is 0 Å². The third-order valence-corrected chi connectivity index (χ3v) is 6.36. The van der Waals surface area contributed by atoms with Gasteiger partial charge in [0.25, 0.3) is 0 Å². The number of carboxylic acids is 2. The molecule has 0 aromatic heterocycles. The Bertz CT molecular complexity index is 1220. The van der Waals surface area contributed by atoms with E-state index < -0.39 is 11.9 Å². The summed E-state index contributed by atoms with van der Waals surface area (Å²) >= 11 is 0. The molecule has 0 aliphatic heterocycles. The second-order valence-corrected chi connectivity index (χ2v) is 10.1. The van der Waals surface area contributed by atoms with Gasteiger partial charge in [-0.15, -0.1) is 0 Å². The zero-order chi connectivity index (χ0) is 33.2. The Morgan fingerprint density at radius 1 is 0.500 bits per heavy atom. The van der Waals surface area contributed by atoms with Crippen LogP contribution in [0.3, 0.4) is 0 Å². The number of ether oxygens (including phenoxy) is 2. The largest absolute Gasteiger partial charge is 0.473 e. The van der Waals surface area contributed by atoms with Gasteiger partial charge >= 0.3 is 11.9 Å². The van der Waals surface area contributed by atoms with Gasteiger partial charge in [-0.3, -0.25) is 0 Å². The molecule has 4 aromatic carbocycles. The Balaban J connectivity index is 0.000000273. The number of benzene rings is 4. The topological polar surface area (TPSA) is 158 Å². The van der Waals surface area contributed by atoms with E-state index in [-0.39, 0.29) is 25.3 Å². The zero-order valence-electron chi connectivity index (χ0n) is 25.8. The quantitative estimate of drug-likeness (QED) is 0.100. The molecule has 0 heterocycles. The van der Waals surface area contributed by atoms with Gasteiger partial charge in [-0.05, 0) is 22.3 Å². The van der Waals surface area contributed by atoms with E-state index >= 15 is 0 Å². The molecule has 6 N–H and O–H groups in total. The van der Waals surface area contributed by atoms with Crippen molar-refractivity contribution < 1.29 is 39.5 Å². The summed E-state index contributed by atoms with van der Waals surface area (Å²) in [5.41, 5.74) is 4.70. The second-order valence-electron chi connectivity index (χ2n) is 10.1. The maximum absolute atomic E-state index is 9.36. The van der Waals surface area contributed by atoms with E-state index in [1.165, 1.54) is 11.1 Å². The van der Waals surface area contributed by atoms with E-state index in [0.29, 0.717) is 26.4 Å². The highest BCUT2D eigenvalue weighted by Crippen LogP contribution is 2.04. The minimum Gasteiger partial charge on any atom is -0.473 e. The maximum Gasteiger partial charge on any atom is 0.414 e. The van der Waals surface area contributed by atoms with E-state index in [9.17, 15) is 10.2 Å². The van der Waals surface area contributed by atoms with Gasteiger partial charge in [0, 0.05) is 13.1 Å². The number of carbonyl (C=O) groups is 2. The molecular formula is C36H44N2O8. The summed E-state index contributed by atoms with van der Waals surface area (Å²) in [6.07, 6.45) is 0.